The van der Waals surface area contributed by atoms with E-state index in [0.29, 0.717) is 11.3 Å². The van der Waals surface area contributed by atoms with Gasteiger partial charge in [-0.2, -0.15) is 0 Å². The van der Waals surface area contributed by atoms with Crippen LogP contribution in [0.5, 0.6) is 0 Å². The Balaban J connectivity index is 1.54. The Bertz CT molecular complexity index is 867. The number of nitrogens with one attached hydrogen (secondary N) is 2. The highest BCUT2D eigenvalue weighted by Gasteiger charge is 2.12. The Morgan fingerprint density at radius 2 is 1.56 bits per heavy atom. The van der Waals surface area contributed by atoms with Crippen molar-refractivity contribution in [2.24, 2.45) is 0 Å². The highest BCUT2D eigenvalue weighted by molar-refractivity contribution is 5.96. The van der Waals surface area contributed by atoms with Crippen molar-refractivity contribution in [3.05, 3.63) is 83.8 Å². The van der Waals surface area contributed by atoms with Gasteiger partial charge in [0.1, 0.15) is 5.76 Å². The molecule has 3 rings (SSSR count). The van der Waals surface area contributed by atoms with Crippen molar-refractivity contribution in [1.82, 2.24) is 10.9 Å². The molecule has 0 spiro atoms. The fourth-order valence-electron chi connectivity index (χ4n) is 2.49. The van der Waals surface area contributed by atoms with Crippen molar-refractivity contribution in [3.63, 3.8) is 0 Å². The van der Waals surface area contributed by atoms with Gasteiger partial charge < -0.3 is 4.42 Å². The average Bonchev–Trinajstić information content (AvgIpc) is 3.07. The van der Waals surface area contributed by atoms with Crippen molar-refractivity contribution in [2.75, 3.05) is 0 Å². The van der Waals surface area contributed by atoms with Crippen LogP contribution in [0.15, 0.2) is 71.3 Å². The van der Waals surface area contributed by atoms with Crippen LogP contribution in [0.1, 0.15) is 21.7 Å². The summed E-state index contributed by atoms with van der Waals surface area (Å²) in [6, 6.07) is 19.3. The number of hydrazine groups is 1. The second-order valence-electron chi connectivity index (χ2n) is 5.63. The number of amides is 2. The molecule has 0 atom stereocenters. The van der Waals surface area contributed by atoms with Crippen molar-refractivity contribution < 1.29 is 14.0 Å². The second kappa shape index (κ2) is 7.49. The number of carbonyl (C=O) groups is 2. The van der Waals surface area contributed by atoms with Crippen LogP contribution in [0.2, 0.25) is 0 Å². The molecule has 1 aromatic heterocycles. The first-order valence-electron chi connectivity index (χ1n) is 7.91. The van der Waals surface area contributed by atoms with Crippen LogP contribution in [0.3, 0.4) is 0 Å². The summed E-state index contributed by atoms with van der Waals surface area (Å²) in [5.41, 5.74) is 8.28. The minimum absolute atomic E-state index is 0.180. The summed E-state index contributed by atoms with van der Waals surface area (Å²) in [5.74, 6) is -0.191. The summed E-state index contributed by atoms with van der Waals surface area (Å²) < 4.78 is 5.06. The lowest BCUT2D eigenvalue weighted by molar-refractivity contribution is -0.121. The van der Waals surface area contributed by atoms with Crippen molar-refractivity contribution in [2.45, 2.75) is 13.3 Å². The van der Waals surface area contributed by atoms with E-state index in [1.807, 2.05) is 54.6 Å². The summed E-state index contributed by atoms with van der Waals surface area (Å²) >= 11 is 0. The first kappa shape index (κ1) is 16.5. The van der Waals surface area contributed by atoms with E-state index in [1.165, 1.54) is 6.26 Å². The van der Waals surface area contributed by atoms with Gasteiger partial charge in [-0.25, -0.2) is 0 Å². The molecule has 0 fully saturated rings. The molecule has 5 heteroatoms. The maximum atomic E-state index is 12.0. The summed E-state index contributed by atoms with van der Waals surface area (Å²) in [6.07, 6.45) is 1.61. The third kappa shape index (κ3) is 4.14. The maximum Gasteiger partial charge on any atom is 0.273 e. The zero-order valence-electron chi connectivity index (χ0n) is 13.8. The molecule has 0 unspecified atom stereocenters. The van der Waals surface area contributed by atoms with Crippen LogP contribution in [-0.2, 0) is 11.2 Å². The molecule has 2 aromatic carbocycles. The van der Waals surface area contributed by atoms with Gasteiger partial charge in [-0.1, -0.05) is 54.6 Å². The van der Waals surface area contributed by atoms with Gasteiger partial charge in [0, 0.05) is 0 Å². The molecule has 0 saturated heterocycles. The van der Waals surface area contributed by atoms with Gasteiger partial charge in [-0.15, -0.1) is 0 Å². The zero-order valence-corrected chi connectivity index (χ0v) is 13.8. The van der Waals surface area contributed by atoms with E-state index in [-0.39, 0.29) is 12.3 Å². The molecule has 0 radical (unpaired) electrons. The van der Waals surface area contributed by atoms with Gasteiger partial charge in [0.2, 0.25) is 5.91 Å². The lowest BCUT2D eigenvalue weighted by Gasteiger charge is -2.08. The highest BCUT2D eigenvalue weighted by atomic mass is 16.3. The van der Waals surface area contributed by atoms with Crippen LogP contribution in [0.4, 0.5) is 0 Å². The van der Waals surface area contributed by atoms with Crippen LogP contribution in [0.25, 0.3) is 11.1 Å². The van der Waals surface area contributed by atoms with Gasteiger partial charge in [-0.3, -0.25) is 20.4 Å². The molecule has 5 nitrogen and oxygen atoms in total. The fraction of sp³-hybridized carbons (Fsp3) is 0.100. The number of aryl methyl sites for hydroxylation is 1. The number of furan rings is 1. The SMILES string of the molecule is Cc1occc1C(=O)NNC(=O)Cc1ccc(-c2ccccc2)cc1. The van der Waals surface area contributed by atoms with E-state index < -0.39 is 5.91 Å². The van der Waals surface area contributed by atoms with Gasteiger partial charge in [-0.05, 0) is 29.7 Å². The Morgan fingerprint density at radius 3 is 2.20 bits per heavy atom. The average molecular weight is 334 g/mol. The number of rotatable bonds is 4. The Hall–Kier alpha value is -3.34. The fourth-order valence-corrected chi connectivity index (χ4v) is 2.49. The van der Waals surface area contributed by atoms with Gasteiger partial charge in [0.25, 0.3) is 5.91 Å². The predicted molar refractivity (Wildman–Crippen MR) is 94.6 cm³/mol. The van der Waals surface area contributed by atoms with Crippen molar-refractivity contribution in [1.29, 1.82) is 0 Å². The Kier molecular flexibility index (Phi) is 4.95. The third-order valence-electron chi connectivity index (χ3n) is 3.84. The summed E-state index contributed by atoms with van der Waals surface area (Å²) in [7, 11) is 0. The molecular weight excluding hydrogens is 316 g/mol. The molecule has 0 aliphatic heterocycles. The normalized spacial score (nSPS) is 10.3. The molecule has 0 aliphatic carbocycles. The largest absolute Gasteiger partial charge is 0.469 e. The summed E-state index contributed by atoms with van der Waals surface area (Å²) in [4.78, 5) is 23.9. The van der Waals surface area contributed by atoms with E-state index in [1.54, 1.807) is 13.0 Å². The van der Waals surface area contributed by atoms with E-state index in [2.05, 4.69) is 10.9 Å². The monoisotopic (exact) mass is 334 g/mol. The van der Waals surface area contributed by atoms with Crippen molar-refractivity contribution in [3.8, 4) is 11.1 Å². The first-order chi connectivity index (χ1) is 12.1. The lowest BCUT2D eigenvalue weighted by Crippen LogP contribution is -2.42. The maximum absolute atomic E-state index is 12.0. The third-order valence-corrected chi connectivity index (χ3v) is 3.84. The molecule has 126 valence electrons. The summed E-state index contributed by atoms with van der Waals surface area (Å²) in [6.45, 7) is 1.69. The predicted octanol–water partition coefficient (Wildman–Crippen LogP) is 3.26. The van der Waals surface area contributed by atoms with Crippen molar-refractivity contribution >= 4 is 11.8 Å². The number of carbonyl (C=O) groups excluding carboxylic acids is 2. The minimum Gasteiger partial charge on any atom is -0.469 e. The standard InChI is InChI=1S/C20H18N2O3/c1-14-18(11-12-25-14)20(24)22-21-19(23)13-15-7-9-17(10-8-15)16-5-3-2-4-6-16/h2-12H,13H2,1H3,(H,21,23)(H,22,24). The van der Waals surface area contributed by atoms with Gasteiger partial charge in [0.15, 0.2) is 0 Å². The molecule has 2 N–H and O–H groups in total. The second-order valence-corrected chi connectivity index (χ2v) is 5.63. The minimum atomic E-state index is -0.404. The number of benzene rings is 2. The zero-order chi connectivity index (χ0) is 17.6. The van der Waals surface area contributed by atoms with Gasteiger partial charge >= 0.3 is 0 Å². The van der Waals surface area contributed by atoms with E-state index in [4.69, 9.17) is 4.42 Å². The molecule has 2 amide bonds. The van der Waals surface area contributed by atoms with E-state index in [9.17, 15) is 9.59 Å². The quantitative estimate of drug-likeness (QED) is 0.720. The van der Waals surface area contributed by atoms with Gasteiger partial charge in [0.05, 0.1) is 18.2 Å². The molecule has 3 aromatic rings. The number of hydrogen-bond acceptors (Lipinski definition) is 3. The molecule has 0 aliphatic rings. The van der Waals surface area contributed by atoms with Crippen LogP contribution in [-0.4, -0.2) is 11.8 Å². The molecule has 0 bridgehead atoms. The summed E-state index contributed by atoms with van der Waals surface area (Å²) in [5, 5.41) is 0. The first-order valence-corrected chi connectivity index (χ1v) is 7.91. The lowest BCUT2D eigenvalue weighted by atomic mass is 10.0. The van der Waals surface area contributed by atoms with Crippen LogP contribution < -0.4 is 10.9 Å². The molecular formula is C20H18N2O3. The van der Waals surface area contributed by atoms with E-state index in [0.717, 1.165) is 16.7 Å². The topological polar surface area (TPSA) is 71.3 Å². The van der Waals surface area contributed by atoms with Crippen LogP contribution >= 0.6 is 0 Å². The highest BCUT2D eigenvalue weighted by Crippen LogP contribution is 2.19. The Morgan fingerprint density at radius 1 is 0.880 bits per heavy atom. The van der Waals surface area contributed by atoms with Crippen LogP contribution in [0, 0.1) is 6.92 Å². The molecule has 1 heterocycles. The van der Waals surface area contributed by atoms with E-state index >= 15 is 0 Å². The molecule has 0 saturated carbocycles. The Labute approximate surface area is 145 Å². The molecule has 25 heavy (non-hydrogen) atoms. The smallest absolute Gasteiger partial charge is 0.273 e. The number of hydrogen-bond donors (Lipinski definition) is 2.